The molecule has 1 heterocycles. The predicted molar refractivity (Wildman–Crippen MR) is 80.2 cm³/mol. The second-order valence-corrected chi connectivity index (χ2v) is 5.73. The summed E-state index contributed by atoms with van der Waals surface area (Å²) in [5, 5.41) is 6.64. The Hall–Kier alpha value is -0.610. The Bertz CT molecular complexity index is 264. The number of carbonyl (C=O) groups is 1. The smallest absolute Gasteiger partial charge is 0.237 e. The van der Waals surface area contributed by atoms with Gasteiger partial charge >= 0.3 is 0 Å². The quantitative estimate of drug-likeness (QED) is 0.740. The topological polar surface area (TPSA) is 44.4 Å². The molecule has 3 atom stereocenters. The van der Waals surface area contributed by atoms with E-state index in [9.17, 15) is 4.79 Å². The summed E-state index contributed by atoms with van der Waals surface area (Å²) >= 11 is 0. The molecule has 0 spiro atoms. The van der Waals surface area contributed by atoms with Crippen molar-refractivity contribution < 1.29 is 4.79 Å². The van der Waals surface area contributed by atoms with Crippen LogP contribution in [0.2, 0.25) is 0 Å². The van der Waals surface area contributed by atoms with E-state index in [0.29, 0.717) is 6.04 Å². The fourth-order valence-corrected chi connectivity index (χ4v) is 2.56. The Morgan fingerprint density at radius 1 is 1.37 bits per heavy atom. The van der Waals surface area contributed by atoms with E-state index in [-0.39, 0.29) is 18.0 Å². The normalized spacial score (nSPS) is 23.1. The maximum atomic E-state index is 12.2. The van der Waals surface area contributed by atoms with Gasteiger partial charge in [0.2, 0.25) is 5.91 Å². The van der Waals surface area contributed by atoms with Gasteiger partial charge in [-0.15, -0.1) is 0 Å². The zero-order chi connectivity index (χ0) is 14.3. The van der Waals surface area contributed by atoms with Crippen LogP contribution >= 0.6 is 0 Å². The number of amides is 1. The van der Waals surface area contributed by atoms with E-state index >= 15 is 0 Å². The van der Waals surface area contributed by atoms with Gasteiger partial charge in [-0.05, 0) is 46.2 Å². The summed E-state index contributed by atoms with van der Waals surface area (Å²) in [6.07, 6.45) is 4.81. The van der Waals surface area contributed by atoms with Crippen LogP contribution in [0.1, 0.15) is 53.4 Å². The number of piperidine rings is 1. The fourth-order valence-electron chi connectivity index (χ4n) is 2.56. The zero-order valence-electron chi connectivity index (χ0n) is 13.0. The third kappa shape index (κ3) is 5.49. The average molecular weight is 269 g/mol. The number of hydrogen-bond acceptors (Lipinski definition) is 3. The molecule has 112 valence electrons. The van der Waals surface area contributed by atoms with E-state index in [2.05, 4.69) is 36.3 Å². The van der Waals surface area contributed by atoms with E-state index in [1.165, 1.54) is 19.3 Å². The van der Waals surface area contributed by atoms with Crippen molar-refractivity contribution >= 4 is 5.91 Å². The minimum absolute atomic E-state index is 0.0391. The van der Waals surface area contributed by atoms with Crippen LogP contribution < -0.4 is 10.6 Å². The van der Waals surface area contributed by atoms with Crippen molar-refractivity contribution in [1.82, 2.24) is 15.5 Å². The molecule has 0 aromatic carbocycles. The van der Waals surface area contributed by atoms with Gasteiger partial charge in [0.1, 0.15) is 0 Å². The summed E-state index contributed by atoms with van der Waals surface area (Å²) in [4.78, 5) is 14.5. The standard InChI is InChI=1S/C15H31N3O/c1-5-12(3)17-15(19)13(4)18(6-2)11-14-9-7-8-10-16-14/h12-14,16H,5-11H2,1-4H3,(H,17,19). The van der Waals surface area contributed by atoms with Gasteiger partial charge in [-0.2, -0.15) is 0 Å². The molecule has 1 aliphatic heterocycles. The third-order valence-electron chi connectivity index (χ3n) is 4.20. The molecule has 0 saturated carbocycles. The van der Waals surface area contributed by atoms with Gasteiger partial charge in [0, 0.05) is 18.6 Å². The molecule has 0 aliphatic carbocycles. The molecule has 0 aromatic heterocycles. The molecule has 1 aliphatic rings. The van der Waals surface area contributed by atoms with E-state index in [1.807, 2.05) is 6.92 Å². The molecular formula is C15H31N3O. The highest BCUT2D eigenvalue weighted by molar-refractivity contribution is 5.81. The molecule has 3 unspecified atom stereocenters. The Labute approximate surface area is 118 Å². The molecule has 19 heavy (non-hydrogen) atoms. The molecule has 0 bridgehead atoms. The molecule has 1 amide bonds. The summed E-state index contributed by atoms with van der Waals surface area (Å²) < 4.78 is 0. The summed E-state index contributed by atoms with van der Waals surface area (Å²) in [7, 11) is 0. The zero-order valence-corrected chi connectivity index (χ0v) is 13.0. The van der Waals surface area contributed by atoms with Gasteiger partial charge in [-0.1, -0.05) is 20.3 Å². The van der Waals surface area contributed by atoms with Gasteiger partial charge in [0.05, 0.1) is 6.04 Å². The second kappa shape index (κ2) is 8.54. The van der Waals surface area contributed by atoms with Crippen LogP contribution in [0.25, 0.3) is 0 Å². The highest BCUT2D eigenvalue weighted by Crippen LogP contribution is 2.10. The maximum absolute atomic E-state index is 12.2. The lowest BCUT2D eigenvalue weighted by atomic mass is 10.0. The molecule has 4 nitrogen and oxygen atoms in total. The molecule has 0 radical (unpaired) electrons. The monoisotopic (exact) mass is 269 g/mol. The maximum Gasteiger partial charge on any atom is 0.237 e. The first kappa shape index (κ1) is 16.4. The number of likely N-dealkylation sites (N-methyl/N-ethyl adjacent to an activating group) is 1. The molecule has 2 N–H and O–H groups in total. The fraction of sp³-hybridized carbons (Fsp3) is 0.933. The van der Waals surface area contributed by atoms with Crippen LogP contribution in [0.15, 0.2) is 0 Å². The van der Waals surface area contributed by atoms with Crippen molar-refractivity contribution in [3.8, 4) is 0 Å². The Morgan fingerprint density at radius 3 is 2.63 bits per heavy atom. The average Bonchev–Trinajstić information content (AvgIpc) is 2.44. The number of carbonyl (C=O) groups excluding carboxylic acids is 1. The largest absolute Gasteiger partial charge is 0.352 e. The van der Waals surface area contributed by atoms with Crippen LogP contribution in [0.4, 0.5) is 0 Å². The first-order valence-electron chi connectivity index (χ1n) is 7.86. The molecular weight excluding hydrogens is 238 g/mol. The molecule has 4 heteroatoms. The summed E-state index contributed by atoms with van der Waals surface area (Å²) in [6, 6.07) is 0.775. The highest BCUT2D eigenvalue weighted by Gasteiger charge is 2.24. The lowest BCUT2D eigenvalue weighted by Crippen LogP contribution is -2.52. The van der Waals surface area contributed by atoms with Crippen molar-refractivity contribution in [3.05, 3.63) is 0 Å². The van der Waals surface area contributed by atoms with Gasteiger partial charge < -0.3 is 10.6 Å². The van der Waals surface area contributed by atoms with Gasteiger partial charge in [-0.3, -0.25) is 9.69 Å². The van der Waals surface area contributed by atoms with E-state index in [0.717, 1.165) is 26.1 Å². The van der Waals surface area contributed by atoms with E-state index in [1.54, 1.807) is 0 Å². The first-order chi connectivity index (χ1) is 9.08. The molecule has 1 saturated heterocycles. The Balaban J connectivity index is 2.45. The minimum Gasteiger partial charge on any atom is -0.352 e. The van der Waals surface area contributed by atoms with Crippen LogP contribution in [0.5, 0.6) is 0 Å². The van der Waals surface area contributed by atoms with Crippen LogP contribution in [-0.2, 0) is 4.79 Å². The SMILES string of the molecule is CCC(C)NC(=O)C(C)N(CC)CC1CCCCN1. The first-order valence-corrected chi connectivity index (χ1v) is 7.86. The van der Waals surface area contributed by atoms with Crippen LogP contribution in [-0.4, -0.2) is 48.6 Å². The Kier molecular flexibility index (Phi) is 7.39. The van der Waals surface area contributed by atoms with Crippen molar-refractivity contribution in [2.24, 2.45) is 0 Å². The van der Waals surface area contributed by atoms with Crippen LogP contribution in [0, 0.1) is 0 Å². The summed E-state index contributed by atoms with van der Waals surface area (Å²) in [5.41, 5.74) is 0. The van der Waals surface area contributed by atoms with Crippen molar-refractivity contribution in [1.29, 1.82) is 0 Å². The van der Waals surface area contributed by atoms with E-state index < -0.39 is 0 Å². The lowest BCUT2D eigenvalue weighted by Gasteiger charge is -2.33. The molecule has 0 aromatic rings. The minimum atomic E-state index is -0.0391. The van der Waals surface area contributed by atoms with Crippen LogP contribution in [0.3, 0.4) is 0 Å². The van der Waals surface area contributed by atoms with Gasteiger partial charge in [0.15, 0.2) is 0 Å². The lowest BCUT2D eigenvalue weighted by molar-refractivity contribution is -0.126. The Morgan fingerprint density at radius 2 is 2.11 bits per heavy atom. The van der Waals surface area contributed by atoms with Gasteiger partial charge in [-0.25, -0.2) is 0 Å². The third-order valence-corrected chi connectivity index (χ3v) is 4.20. The van der Waals surface area contributed by atoms with Crippen molar-refractivity contribution in [2.45, 2.75) is 71.5 Å². The number of hydrogen-bond donors (Lipinski definition) is 2. The van der Waals surface area contributed by atoms with Crippen molar-refractivity contribution in [2.75, 3.05) is 19.6 Å². The highest BCUT2D eigenvalue weighted by atomic mass is 16.2. The van der Waals surface area contributed by atoms with E-state index in [4.69, 9.17) is 0 Å². The summed E-state index contributed by atoms with van der Waals surface area (Å²) in [5.74, 6) is 0.159. The number of nitrogens with one attached hydrogen (secondary N) is 2. The van der Waals surface area contributed by atoms with Gasteiger partial charge in [0.25, 0.3) is 0 Å². The summed E-state index contributed by atoms with van der Waals surface area (Å²) in [6.45, 7) is 11.3. The predicted octanol–water partition coefficient (Wildman–Crippen LogP) is 1.75. The number of rotatable bonds is 7. The molecule has 1 fully saturated rings. The molecule has 1 rings (SSSR count). The second-order valence-electron chi connectivity index (χ2n) is 5.73. The van der Waals surface area contributed by atoms with Crippen molar-refractivity contribution in [3.63, 3.8) is 0 Å². The number of nitrogens with zero attached hydrogens (tertiary/aromatic N) is 1.